The molecule has 0 bridgehead atoms. The standard InChI is InChI=1S/C17H15N3O/c1-12-6-8-14(9-7-12)17(21)16(11-18)20-19-15-5-3-4-13(2)10-15/h3-10,19H,1-2H3. The first-order valence-electron chi connectivity index (χ1n) is 6.52. The van der Waals surface area contributed by atoms with Crippen LogP contribution in [0.2, 0.25) is 0 Å². The predicted molar refractivity (Wildman–Crippen MR) is 83.4 cm³/mol. The third-order valence-corrected chi connectivity index (χ3v) is 2.95. The second-order valence-corrected chi connectivity index (χ2v) is 4.75. The monoisotopic (exact) mass is 277 g/mol. The van der Waals surface area contributed by atoms with Crippen LogP contribution in [0.5, 0.6) is 0 Å². The number of carbonyl (C=O) groups excluding carboxylic acids is 1. The van der Waals surface area contributed by atoms with Crippen LogP contribution in [0.25, 0.3) is 0 Å². The Balaban J connectivity index is 2.19. The Morgan fingerprint density at radius 3 is 2.43 bits per heavy atom. The van der Waals surface area contributed by atoms with E-state index in [4.69, 9.17) is 5.26 Å². The minimum absolute atomic E-state index is 0.166. The summed E-state index contributed by atoms with van der Waals surface area (Å²) in [6.45, 7) is 3.89. The van der Waals surface area contributed by atoms with Gasteiger partial charge in [-0.1, -0.05) is 42.0 Å². The number of hydrogen-bond acceptors (Lipinski definition) is 4. The van der Waals surface area contributed by atoms with Crippen LogP contribution in [0.3, 0.4) is 0 Å². The van der Waals surface area contributed by atoms with Gasteiger partial charge >= 0.3 is 0 Å². The van der Waals surface area contributed by atoms with Crippen LogP contribution < -0.4 is 5.43 Å². The number of nitriles is 1. The molecule has 0 amide bonds. The molecule has 0 aliphatic rings. The molecule has 0 saturated heterocycles. The van der Waals surface area contributed by atoms with Gasteiger partial charge in [-0.05, 0) is 31.5 Å². The molecule has 0 aliphatic carbocycles. The maximum Gasteiger partial charge on any atom is 0.223 e. The summed E-state index contributed by atoms with van der Waals surface area (Å²) >= 11 is 0. The third-order valence-electron chi connectivity index (χ3n) is 2.95. The SMILES string of the molecule is Cc1ccc(C(=O)C(C#N)=NNc2cccc(C)c2)cc1. The molecule has 0 spiro atoms. The van der Waals surface area contributed by atoms with E-state index < -0.39 is 5.78 Å². The number of nitrogens with one attached hydrogen (secondary N) is 1. The topological polar surface area (TPSA) is 65.2 Å². The van der Waals surface area contributed by atoms with Crippen molar-refractivity contribution in [1.82, 2.24) is 0 Å². The van der Waals surface area contributed by atoms with Crippen molar-refractivity contribution in [2.24, 2.45) is 5.10 Å². The van der Waals surface area contributed by atoms with Gasteiger partial charge in [0.15, 0.2) is 0 Å². The lowest BCUT2D eigenvalue weighted by molar-refractivity contribution is 0.106. The van der Waals surface area contributed by atoms with Crippen molar-refractivity contribution in [2.45, 2.75) is 13.8 Å². The lowest BCUT2D eigenvalue weighted by Gasteiger charge is -2.03. The summed E-state index contributed by atoms with van der Waals surface area (Å²) in [7, 11) is 0. The first-order valence-corrected chi connectivity index (χ1v) is 6.52. The van der Waals surface area contributed by atoms with Crippen molar-refractivity contribution in [3.8, 4) is 6.07 Å². The van der Waals surface area contributed by atoms with E-state index in [-0.39, 0.29) is 5.71 Å². The van der Waals surface area contributed by atoms with Gasteiger partial charge in [0.05, 0.1) is 5.69 Å². The van der Waals surface area contributed by atoms with Crippen LogP contribution in [0.15, 0.2) is 53.6 Å². The summed E-state index contributed by atoms with van der Waals surface area (Å²) in [4.78, 5) is 12.2. The summed E-state index contributed by atoms with van der Waals surface area (Å²) in [5.74, 6) is -0.391. The fourth-order valence-electron chi connectivity index (χ4n) is 1.80. The minimum Gasteiger partial charge on any atom is -0.286 e. The Bertz CT molecular complexity index is 724. The molecule has 0 radical (unpaired) electrons. The molecule has 2 rings (SSSR count). The molecule has 0 heterocycles. The van der Waals surface area contributed by atoms with Gasteiger partial charge in [-0.3, -0.25) is 10.2 Å². The zero-order valence-electron chi connectivity index (χ0n) is 11.9. The lowest BCUT2D eigenvalue weighted by Crippen LogP contribution is -2.14. The number of aryl methyl sites for hydroxylation is 2. The largest absolute Gasteiger partial charge is 0.286 e. The van der Waals surface area contributed by atoms with Gasteiger partial charge < -0.3 is 0 Å². The molecule has 21 heavy (non-hydrogen) atoms. The Morgan fingerprint density at radius 1 is 1.10 bits per heavy atom. The van der Waals surface area contributed by atoms with Crippen molar-refractivity contribution in [2.75, 3.05) is 5.43 Å². The maximum atomic E-state index is 12.2. The fraction of sp³-hybridized carbons (Fsp3) is 0.118. The smallest absolute Gasteiger partial charge is 0.223 e. The van der Waals surface area contributed by atoms with Crippen LogP contribution in [-0.2, 0) is 0 Å². The first kappa shape index (κ1) is 14.5. The van der Waals surface area contributed by atoms with Gasteiger partial charge in [-0.2, -0.15) is 10.4 Å². The van der Waals surface area contributed by atoms with Gasteiger partial charge in [-0.25, -0.2) is 0 Å². The number of hydrazone groups is 1. The molecule has 4 heteroatoms. The number of benzene rings is 2. The summed E-state index contributed by atoms with van der Waals surface area (Å²) in [5, 5.41) is 13.0. The molecule has 0 unspecified atom stereocenters. The summed E-state index contributed by atoms with van der Waals surface area (Å²) < 4.78 is 0. The van der Waals surface area contributed by atoms with Crippen molar-refractivity contribution >= 4 is 17.2 Å². The van der Waals surface area contributed by atoms with E-state index in [2.05, 4.69) is 10.5 Å². The molecule has 0 aliphatic heterocycles. The van der Waals surface area contributed by atoms with E-state index in [9.17, 15) is 4.79 Å². The molecule has 2 aromatic carbocycles. The normalized spacial score (nSPS) is 10.8. The zero-order chi connectivity index (χ0) is 15.2. The highest BCUT2D eigenvalue weighted by Crippen LogP contribution is 2.10. The maximum absolute atomic E-state index is 12.2. The quantitative estimate of drug-likeness (QED) is 0.528. The zero-order valence-corrected chi connectivity index (χ0v) is 11.9. The highest BCUT2D eigenvalue weighted by Gasteiger charge is 2.13. The third kappa shape index (κ3) is 3.77. The predicted octanol–water partition coefficient (Wildman–Crippen LogP) is 3.48. The second kappa shape index (κ2) is 6.49. The number of hydrogen-bond donors (Lipinski definition) is 1. The van der Waals surface area contributed by atoms with E-state index in [0.29, 0.717) is 5.56 Å². The minimum atomic E-state index is -0.391. The van der Waals surface area contributed by atoms with Crippen LogP contribution in [0.4, 0.5) is 5.69 Å². The fourth-order valence-corrected chi connectivity index (χ4v) is 1.80. The summed E-state index contributed by atoms with van der Waals surface area (Å²) in [6.07, 6.45) is 0. The van der Waals surface area contributed by atoms with Crippen molar-refractivity contribution in [1.29, 1.82) is 5.26 Å². The number of ketones is 1. The summed E-state index contributed by atoms with van der Waals surface area (Å²) in [5.41, 5.74) is 5.89. The Morgan fingerprint density at radius 2 is 1.81 bits per heavy atom. The lowest BCUT2D eigenvalue weighted by atomic mass is 10.1. The number of Topliss-reactive ketones (excluding diaryl/α,β-unsaturated/α-hetero) is 1. The number of anilines is 1. The number of rotatable bonds is 4. The van der Waals surface area contributed by atoms with Crippen molar-refractivity contribution in [3.63, 3.8) is 0 Å². The molecule has 4 nitrogen and oxygen atoms in total. The molecule has 2 aromatic rings. The van der Waals surface area contributed by atoms with Crippen molar-refractivity contribution < 1.29 is 4.79 Å². The van der Waals surface area contributed by atoms with Gasteiger partial charge in [-0.15, -0.1) is 0 Å². The van der Waals surface area contributed by atoms with Gasteiger partial charge in [0.25, 0.3) is 0 Å². The van der Waals surface area contributed by atoms with Gasteiger partial charge in [0.2, 0.25) is 11.5 Å². The Labute approximate surface area is 123 Å². The number of carbonyl (C=O) groups is 1. The van der Waals surface area contributed by atoms with Crippen LogP contribution in [0, 0.1) is 25.2 Å². The Hall–Kier alpha value is -2.93. The van der Waals surface area contributed by atoms with Gasteiger partial charge in [0, 0.05) is 5.56 Å². The molecule has 0 fully saturated rings. The van der Waals surface area contributed by atoms with E-state index in [1.54, 1.807) is 12.1 Å². The second-order valence-electron chi connectivity index (χ2n) is 4.75. The molecule has 104 valence electrons. The average molecular weight is 277 g/mol. The van der Waals surface area contributed by atoms with E-state index in [0.717, 1.165) is 16.8 Å². The molecule has 0 saturated carbocycles. The molecular weight excluding hydrogens is 262 g/mol. The highest BCUT2D eigenvalue weighted by molar-refractivity contribution is 6.51. The Kier molecular flexibility index (Phi) is 4.47. The molecular formula is C17H15N3O. The van der Waals surface area contributed by atoms with E-state index in [1.807, 2.05) is 56.3 Å². The number of nitrogens with zero attached hydrogens (tertiary/aromatic N) is 2. The molecule has 1 N–H and O–H groups in total. The average Bonchev–Trinajstić information content (AvgIpc) is 2.48. The van der Waals surface area contributed by atoms with Crippen LogP contribution >= 0.6 is 0 Å². The molecule has 0 atom stereocenters. The van der Waals surface area contributed by atoms with E-state index in [1.165, 1.54) is 0 Å². The van der Waals surface area contributed by atoms with E-state index >= 15 is 0 Å². The summed E-state index contributed by atoms with van der Waals surface area (Å²) in [6, 6.07) is 16.4. The molecule has 0 aromatic heterocycles. The van der Waals surface area contributed by atoms with Crippen molar-refractivity contribution in [3.05, 3.63) is 65.2 Å². The van der Waals surface area contributed by atoms with Crippen LogP contribution in [0.1, 0.15) is 21.5 Å². The highest BCUT2D eigenvalue weighted by atomic mass is 16.1. The van der Waals surface area contributed by atoms with Crippen LogP contribution in [-0.4, -0.2) is 11.5 Å². The van der Waals surface area contributed by atoms with Gasteiger partial charge in [0.1, 0.15) is 6.07 Å². The first-order chi connectivity index (χ1) is 10.1.